The first-order valence-corrected chi connectivity index (χ1v) is 9.89. The Hall–Kier alpha value is -2.66. The minimum atomic E-state index is 0.492. The Morgan fingerprint density at radius 1 is 1.11 bits per heavy atom. The molecule has 0 aliphatic rings. The summed E-state index contributed by atoms with van der Waals surface area (Å²) in [5.74, 6) is 0.941. The highest BCUT2D eigenvalue weighted by molar-refractivity contribution is 8.14. The molecule has 4 nitrogen and oxygen atoms in total. The summed E-state index contributed by atoms with van der Waals surface area (Å²) in [7, 11) is 1.76. The van der Waals surface area contributed by atoms with Gasteiger partial charge in [0.05, 0.1) is 5.70 Å². The van der Waals surface area contributed by atoms with Gasteiger partial charge in [0, 0.05) is 18.9 Å². The van der Waals surface area contributed by atoms with Crippen LogP contribution in [0.25, 0.3) is 0 Å². The van der Waals surface area contributed by atoms with Gasteiger partial charge >= 0.3 is 0 Å². The molecule has 0 aliphatic carbocycles. The third kappa shape index (κ3) is 6.87. The summed E-state index contributed by atoms with van der Waals surface area (Å²) in [4.78, 5) is 12.7. The number of allylic oxidation sites excluding steroid dienone is 1. The molecule has 0 saturated heterocycles. The number of nitrogens with zero attached hydrogens (tertiary/aromatic N) is 3. The van der Waals surface area contributed by atoms with E-state index in [2.05, 4.69) is 76.4 Å². The predicted octanol–water partition coefficient (Wildman–Crippen LogP) is 5.08. The summed E-state index contributed by atoms with van der Waals surface area (Å²) >= 11 is 1.64. The second kappa shape index (κ2) is 11.9. The number of thioether (sulfide) groups is 1. The molecule has 0 radical (unpaired) electrons. The topological polar surface area (TPSA) is 49.1 Å². The molecular formula is C22H26N4S. The van der Waals surface area contributed by atoms with Gasteiger partial charge in [-0.1, -0.05) is 55.5 Å². The van der Waals surface area contributed by atoms with Crippen LogP contribution >= 0.6 is 11.8 Å². The molecule has 140 valence electrons. The van der Waals surface area contributed by atoms with Gasteiger partial charge in [-0.2, -0.15) is 0 Å². The van der Waals surface area contributed by atoms with E-state index in [-0.39, 0.29) is 0 Å². The second-order valence-corrected chi connectivity index (χ2v) is 6.91. The molecule has 0 heterocycles. The molecule has 0 fully saturated rings. The first-order valence-electron chi connectivity index (χ1n) is 8.91. The molecule has 2 rings (SSSR count). The highest BCUT2D eigenvalue weighted by Gasteiger charge is 2.03. The van der Waals surface area contributed by atoms with Crippen LogP contribution in [0.2, 0.25) is 0 Å². The van der Waals surface area contributed by atoms with Gasteiger partial charge in [0.15, 0.2) is 0 Å². The largest absolute Gasteiger partial charge is 0.366 e. The van der Waals surface area contributed by atoms with E-state index >= 15 is 0 Å². The summed E-state index contributed by atoms with van der Waals surface area (Å²) in [6.45, 7) is 6.20. The maximum atomic E-state index is 4.41. The molecule has 0 aliphatic heterocycles. The molecule has 0 unspecified atom stereocenters. The van der Waals surface area contributed by atoms with Crippen molar-refractivity contribution in [3.63, 3.8) is 0 Å². The lowest BCUT2D eigenvalue weighted by atomic mass is 10.0. The van der Waals surface area contributed by atoms with Gasteiger partial charge in [-0.25, -0.2) is 0 Å². The molecule has 5 heteroatoms. The van der Waals surface area contributed by atoms with Crippen molar-refractivity contribution in [1.29, 1.82) is 0 Å². The van der Waals surface area contributed by atoms with Crippen molar-refractivity contribution in [3.8, 4) is 0 Å². The summed E-state index contributed by atoms with van der Waals surface area (Å²) < 4.78 is 0. The minimum Gasteiger partial charge on any atom is -0.366 e. The van der Waals surface area contributed by atoms with E-state index in [0.29, 0.717) is 6.67 Å². The third-order valence-electron chi connectivity index (χ3n) is 3.83. The second-order valence-electron chi connectivity index (χ2n) is 5.66. The van der Waals surface area contributed by atoms with Gasteiger partial charge in [0.1, 0.15) is 11.7 Å². The zero-order valence-electron chi connectivity index (χ0n) is 15.9. The summed E-state index contributed by atoms with van der Waals surface area (Å²) in [6, 6.07) is 18.8. The molecule has 0 amide bonds. The fourth-order valence-corrected chi connectivity index (χ4v) is 3.23. The van der Waals surface area contributed by atoms with Crippen LogP contribution in [0, 0.1) is 0 Å². The van der Waals surface area contributed by atoms with Crippen LogP contribution in [0.4, 0.5) is 5.69 Å². The van der Waals surface area contributed by atoms with Crippen LogP contribution in [-0.2, 0) is 6.42 Å². The molecule has 2 aromatic rings. The van der Waals surface area contributed by atoms with E-state index in [9.17, 15) is 0 Å². The molecular weight excluding hydrogens is 352 g/mol. The van der Waals surface area contributed by atoms with E-state index in [1.807, 2.05) is 18.2 Å². The summed E-state index contributed by atoms with van der Waals surface area (Å²) in [5.41, 5.74) is 4.39. The Morgan fingerprint density at radius 2 is 1.85 bits per heavy atom. The Kier molecular flexibility index (Phi) is 9.07. The fraction of sp³-hybridized carbons (Fsp3) is 0.227. The first-order chi connectivity index (χ1) is 13.3. The van der Waals surface area contributed by atoms with Crippen molar-refractivity contribution < 1.29 is 0 Å². The molecule has 2 aromatic carbocycles. The zero-order chi connectivity index (χ0) is 19.3. The van der Waals surface area contributed by atoms with Gasteiger partial charge in [-0.3, -0.25) is 15.0 Å². The minimum absolute atomic E-state index is 0.492. The fourth-order valence-electron chi connectivity index (χ4n) is 2.55. The zero-order valence-corrected chi connectivity index (χ0v) is 16.7. The number of rotatable bonds is 9. The molecule has 1 N–H and O–H groups in total. The van der Waals surface area contributed by atoms with Crippen molar-refractivity contribution >= 4 is 35.4 Å². The number of benzene rings is 2. The monoisotopic (exact) mass is 378 g/mol. The quantitative estimate of drug-likeness (QED) is 0.488. The lowest BCUT2D eigenvalue weighted by Gasteiger charge is -2.10. The van der Waals surface area contributed by atoms with Gasteiger partial charge < -0.3 is 5.32 Å². The van der Waals surface area contributed by atoms with E-state index in [1.54, 1.807) is 25.0 Å². The molecule has 0 aromatic heterocycles. The number of hydrogen-bond donors (Lipinski definition) is 1. The van der Waals surface area contributed by atoms with Crippen molar-refractivity contribution in [1.82, 2.24) is 0 Å². The van der Waals surface area contributed by atoms with Crippen molar-refractivity contribution in [2.45, 2.75) is 13.3 Å². The van der Waals surface area contributed by atoms with Crippen LogP contribution in [0.15, 0.2) is 81.3 Å². The van der Waals surface area contributed by atoms with Gasteiger partial charge in [0.25, 0.3) is 0 Å². The Balaban J connectivity index is 1.98. The van der Waals surface area contributed by atoms with Crippen molar-refractivity contribution in [2.75, 3.05) is 24.8 Å². The highest BCUT2D eigenvalue weighted by atomic mass is 32.2. The maximum absolute atomic E-state index is 4.41. The standard InChI is InChI=1S/C22H26N4S/c1-4-27-22(24-3)21(23-2)14-15-25-17-26-20-13-9-8-12-19(20)16-18-10-6-5-7-11-18/h5-15,26H,2,4,16-17H2,1,3H3/b21-14-,24-22?,25-15-. The van der Waals surface area contributed by atoms with Crippen LogP contribution in [0.5, 0.6) is 0 Å². The molecule has 0 spiro atoms. The van der Waals surface area contributed by atoms with Crippen LogP contribution in [0.1, 0.15) is 18.1 Å². The van der Waals surface area contributed by atoms with E-state index in [4.69, 9.17) is 0 Å². The predicted molar refractivity (Wildman–Crippen MR) is 122 cm³/mol. The Labute approximate surface area is 166 Å². The third-order valence-corrected chi connectivity index (χ3v) is 4.78. The van der Waals surface area contributed by atoms with Crippen molar-refractivity contribution in [2.24, 2.45) is 15.0 Å². The smallest absolute Gasteiger partial charge is 0.116 e. The first kappa shape index (κ1) is 20.6. The molecule has 0 saturated carbocycles. The molecule has 27 heavy (non-hydrogen) atoms. The van der Waals surface area contributed by atoms with Crippen LogP contribution in [-0.4, -0.2) is 37.4 Å². The van der Waals surface area contributed by atoms with Crippen molar-refractivity contribution in [3.05, 3.63) is 77.5 Å². The average molecular weight is 379 g/mol. The van der Waals surface area contributed by atoms with Crippen LogP contribution < -0.4 is 5.32 Å². The van der Waals surface area contributed by atoms with E-state index in [1.165, 1.54) is 11.1 Å². The number of para-hydroxylation sites is 1. The average Bonchev–Trinajstić information content (AvgIpc) is 2.71. The Bertz CT molecular complexity index is 810. The van der Waals surface area contributed by atoms with E-state index in [0.717, 1.165) is 28.6 Å². The lowest BCUT2D eigenvalue weighted by molar-refractivity contribution is 1.12. The molecule has 0 atom stereocenters. The molecule has 0 bridgehead atoms. The number of aliphatic imine (C=N–C) groups is 3. The van der Waals surface area contributed by atoms with Crippen LogP contribution in [0.3, 0.4) is 0 Å². The number of nitrogens with one attached hydrogen (secondary N) is 1. The Morgan fingerprint density at radius 3 is 2.56 bits per heavy atom. The summed E-state index contributed by atoms with van der Waals surface area (Å²) in [6.07, 6.45) is 4.48. The maximum Gasteiger partial charge on any atom is 0.116 e. The number of anilines is 1. The SMILES string of the molecule is C=N/C(=C\C=N/CNc1ccccc1Cc1ccccc1)C(=NC)SCC. The van der Waals surface area contributed by atoms with E-state index < -0.39 is 0 Å². The van der Waals surface area contributed by atoms with Gasteiger partial charge in [-0.05, 0) is 42.2 Å². The summed E-state index contributed by atoms with van der Waals surface area (Å²) in [5, 5.41) is 4.26. The highest BCUT2D eigenvalue weighted by Crippen LogP contribution is 2.19. The van der Waals surface area contributed by atoms with Gasteiger partial charge in [0.2, 0.25) is 0 Å². The number of hydrogen-bond acceptors (Lipinski definition) is 5. The lowest BCUT2D eigenvalue weighted by Crippen LogP contribution is -2.03. The normalized spacial score (nSPS) is 12.4. The van der Waals surface area contributed by atoms with Gasteiger partial charge in [-0.15, -0.1) is 11.8 Å².